The molecule has 0 bridgehead atoms. The summed E-state index contributed by atoms with van der Waals surface area (Å²) < 4.78 is 41.0. The van der Waals surface area contributed by atoms with E-state index in [1.807, 2.05) is 6.07 Å². The summed E-state index contributed by atoms with van der Waals surface area (Å²) in [6.45, 7) is 0. The first kappa shape index (κ1) is 14.4. The molecule has 0 aromatic carbocycles. The zero-order valence-corrected chi connectivity index (χ0v) is 11.5. The van der Waals surface area contributed by atoms with E-state index in [1.165, 1.54) is 28.8 Å². The number of rotatable bonds is 1. The number of aromatic nitrogens is 3. The van der Waals surface area contributed by atoms with Gasteiger partial charge in [-0.05, 0) is 24.3 Å². The van der Waals surface area contributed by atoms with Crippen LogP contribution in [0.1, 0.15) is 11.3 Å². The molecule has 3 heterocycles. The number of halogens is 4. The van der Waals surface area contributed by atoms with Crippen molar-refractivity contribution in [2.75, 3.05) is 0 Å². The van der Waals surface area contributed by atoms with Crippen molar-refractivity contribution in [2.45, 2.75) is 6.18 Å². The van der Waals surface area contributed by atoms with Crippen molar-refractivity contribution in [3.05, 3.63) is 52.9 Å². The molecule has 4 nitrogen and oxygen atoms in total. The van der Waals surface area contributed by atoms with Crippen LogP contribution in [-0.4, -0.2) is 14.4 Å². The number of nitriles is 1. The third kappa shape index (κ3) is 2.38. The Morgan fingerprint density at radius 1 is 1.18 bits per heavy atom. The van der Waals surface area contributed by atoms with E-state index in [-0.39, 0.29) is 27.8 Å². The molecule has 22 heavy (non-hydrogen) atoms. The highest BCUT2D eigenvalue weighted by Gasteiger charge is 2.38. The van der Waals surface area contributed by atoms with Crippen LogP contribution in [0.5, 0.6) is 0 Å². The first-order valence-corrected chi connectivity index (χ1v) is 6.40. The predicted octanol–water partition coefficient (Wildman–Crippen LogP) is 3.94. The van der Waals surface area contributed by atoms with Crippen LogP contribution >= 0.6 is 11.6 Å². The van der Waals surface area contributed by atoms with E-state index in [0.717, 1.165) is 0 Å². The molecule has 0 atom stereocenters. The van der Waals surface area contributed by atoms with E-state index in [2.05, 4.69) is 9.97 Å². The number of hydrogen-bond donors (Lipinski definition) is 0. The molecule has 0 radical (unpaired) electrons. The fourth-order valence-electron chi connectivity index (χ4n) is 2.12. The van der Waals surface area contributed by atoms with Gasteiger partial charge >= 0.3 is 6.18 Å². The van der Waals surface area contributed by atoms with Gasteiger partial charge in [0.1, 0.15) is 16.5 Å². The van der Waals surface area contributed by atoms with Gasteiger partial charge in [-0.3, -0.25) is 4.40 Å². The van der Waals surface area contributed by atoms with Gasteiger partial charge in [-0.2, -0.15) is 18.4 Å². The summed E-state index contributed by atoms with van der Waals surface area (Å²) in [4.78, 5) is 7.52. The summed E-state index contributed by atoms with van der Waals surface area (Å²) in [5, 5.41) is 8.88. The van der Waals surface area contributed by atoms with Crippen LogP contribution in [0.4, 0.5) is 13.2 Å². The summed E-state index contributed by atoms with van der Waals surface area (Å²) in [7, 11) is 0. The fourth-order valence-corrected chi connectivity index (χ4v) is 2.33. The number of alkyl halides is 3. The highest BCUT2D eigenvalue weighted by molar-refractivity contribution is 6.29. The van der Waals surface area contributed by atoms with E-state index < -0.39 is 11.9 Å². The molecule has 0 aliphatic heterocycles. The monoisotopic (exact) mass is 322 g/mol. The Balaban J connectivity index is 2.39. The minimum Gasteiger partial charge on any atom is -0.298 e. The average Bonchev–Trinajstić information content (AvgIpc) is 2.86. The van der Waals surface area contributed by atoms with Gasteiger partial charge in [0.05, 0.1) is 17.3 Å². The Hall–Kier alpha value is -2.59. The second-order valence-electron chi connectivity index (χ2n) is 4.41. The van der Waals surface area contributed by atoms with Gasteiger partial charge in [-0.15, -0.1) is 0 Å². The van der Waals surface area contributed by atoms with Crippen molar-refractivity contribution in [3.8, 4) is 17.5 Å². The maximum atomic E-state index is 13.3. The molecule has 0 aliphatic rings. The molecule has 3 rings (SSSR count). The summed E-state index contributed by atoms with van der Waals surface area (Å²) in [5.41, 5.74) is -1.13. The lowest BCUT2D eigenvalue weighted by Crippen LogP contribution is -2.08. The van der Waals surface area contributed by atoms with Crippen molar-refractivity contribution >= 4 is 17.2 Å². The SMILES string of the molecule is N#Cc1cc(Cl)nc(-c2c(C(F)(F)F)nc3ccccn23)c1. The van der Waals surface area contributed by atoms with Crippen molar-refractivity contribution < 1.29 is 13.2 Å². The van der Waals surface area contributed by atoms with Crippen LogP contribution in [0.15, 0.2) is 36.5 Å². The maximum absolute atomic E-state index is 13.3. The number of nitrogens with zero attached hydrogens (tertiary/aromatic N) is 4. The molecule has 3 aromatic heterocycles. The molecular formula is C14H6ClF3N4. The Labute approximate surface area is 127 Å². The molecule has 0 saturated carbocycles. The third-order valence-corrected chi connectivity index (χ3v) is 3.16. The minimum atomic E-state index is -4.65. The van der Waals surface area contributed by atoms with Crippen LogP contribution in [-0.2, 0) is 6.18 Å². The van der Waals surface area contributed by atoms with Crippen LogP contribution in [0, 0.1) is 11.3 Å². The molecule has 110 valence electrons. The Kier molecular flexibility index (Phi) is 3.26. The van der Waals surface area contributed by atoms with Gasteiger partial charge in [-0.1, -0.05) is 17.7 Å². The lowest BCUT2D eigenvalue weighted by molar-refractivity contribution is -0.140. The topological polar surface area (TPSA) is 54.0 Å². The predicted molar refractivity (Wildman–Crippen MR) is 73.2 cm³/mol. The molecule has 8 heteroatoms. The quantitative estimate of drug-likeness (QED) is 0.638. The van der Waals surface area contributed by atoms with Gasteiger partial charge in [0.25, 0.3) is 0 Å². The van der Waals surface area contributed by atoms with Gasteiger partial charge in [-0.25, -0.2) is 9.97 Å². The lowest BCUT2D eigenvalue weighted by atomic mass is 10.1. The Morgan fingerprint density at radius 3 is 2.64 bits per heavy atom. The van der Waals surface area contributed by atoms with Crippen molar-refractivity contribution in [1.29, 1.82) is 5.26 Å². The van der Waals surface area contributed by atoms with E-state index in [0.29, 0.717) is 0 Å². The van der Waals surface area contributed by atoms with E-state index in [4.69, 9.17) is 16.9 Å². The number of hydrogen-bond acceptors (Lipinski definition) is 3. The molecule has 0 spiro atoms. The smallest absolute Gasteiger partial charge is 0.298 e. The molecule has 3 aromatic rings. The third-order valence-electron chi connectivity index (χ3n) is 2.96. The van der Waals surface area contributed by atoms with Crippen LogP contribution in [0.25, 0.3) is 17.0 Å². The van der Waals surface area contributed by atoms with Gasteiger partial charge in [0.15, 0.2) is 5.69 Å². The Bertz CT molecular complexity index is 909. The molecule has 0 N–H and O–H groups in total. The van der Waals surface area contributed by atoms with Crippen LogP contribution in [0.2, 0.25) is 5.15 Å². The molecule has 0 unspecified atom stereocenters. The molecule has 0 saturated heterocycles. The van der Waals surface area contributed by atoms with Crippen LogP contribution in [0.3, 0.4) is 0 Å². The normalized spacial score (nSPS) is 11.6. The molecular weight excluding hydrogens is 317 g/mol. The lowest BCUT2D eigenvalue weighted by Gasteiger charge is -2.08. The zero-order valence-electron chi connectivity index (χ0n) is 10.8. The molecule has 0 fully saturated rings. The van der Waals surface area contributed by atoms with E-state index >= 15 is 0 Å². The highest BCUT2D eigenvalue weighted by Crippen LogP contribution is 2.37. The first-order chi connectivity index (χ1) is 10.4. The molecule has 0 amide bonds. The standard InChI is InChI=1S/C14H6ClF3N4/c15-10-6-8(7-19)5-9(20-10)12-13(14(16,17)18)21-11-3-1-2-4-22(11)12/h1-6H. The second kappa shape index (κ2) is 5.00. The summed E-state index contributed by atoms with van der Waals surface area (Å²) in [5.74, 6) is 0. The van der Waals surface area contributed by atoms with Crippen LogP contribution < -0.4 is 0 Å². The Morgan fingerprint density at radius 2 is 1.95 bits per heavy atom. The first-order valence-electron chi connectivity index (χ1n) is 6.02. The van der Waals surface area contributed by atoms with Crippen molar-refractivity contribution in [2.24, 2.45) is 0 Å². The summed E-state index contributed by atoms with van der Waals surface area (Å²) in [6.07, 6.45) is -3.21. The van der Waals surface area contributed by atoms with Gasteiger partial charge < -0.3 is 0 Å². The second-order valence-corrected chi connectivity index (χ2v) is 4.80. The maximum Gasteiger partial charge on any atom is 0.435 e. The van der Waals surface area contributed by atoms with Crippen molar-refractivity contribution in [3.63, 3.8) is 0 Å². The van der Waals surface area contributed by atoms with Gasteiger partial charge in [0, 0.05) is 6.20 Å². The number of imidazole rings is 1. The van der Waals surface area contributed by atoms with E-state index in [1.54, 1.807) is 12.1 Å². The fraction of sp³-hybridized carbons (Fsp3) is 0.0714. The number of pyridine rings is 2. The van der Waals surface area contributed by atoms with Gasteiger partial charge in [0.2, 0.25) is 0 Å². The highest BCUT2D eigenvalue weighted by atomic mass is 35.5. The minimum absolute atomic E-state index is 0.0601. The van der Waals surface area contributed by atoms with E-state index in [9.17, 15) is 13.2 Å². The average molecular weight is 323 g/mol. The molecule has 0 aliphatic carbocycles. The summed E-state index contributed by atoms with van der Waals surface area (Å²) >= 11 is 5.79. The zero-order chi connectivity index (χ0) is 15.9. The number of fused-ring (bicyclic) bond motifs is 1. The van der Waals surface area contributed by atoms with Crippen molar-refractivity contribution in [1.82, 2.24) is 14.4 Å². The summed E-state index contributed by atoms with van der Waals surface area (Å²) in [6, 6.07) is 8.98. The largest absolute Gasteiger partial charge is 0.435 e.